The number of fused-ring (bicyclic) bond motifs is 1. The fourth-order valence-corrected chi connectivity index (χ4v) is 7.07. The van der Waals surface area contributed by atoms with E-state index in [9.17, 15) is 10.1 Å². The van der Waals surface area contributed by atoms with Gasteiger partial charge in [-0.2, -0.15) is 5.26 Å². The molecule has 0 saturated carbocycles. The van der Waals surface area contributed by atoms with Gasteiger partial charge in [-0.05, 0) is 31.6 Å². The van der Waals surface area contributed by atoms with Gasteiger partial charge in [0.1, 0.15) is 23.3 Å². The van der Waals surface area contributed by atoms with E-state index in [1.807, 2.05) is 6.92 Å². The summed E-state index contributed by atoms with van der Waals surface area (Å²) < 4.78 is 21.5. The van der Waals surface area contributed by atoms with E-state index in [4.69, 9.17) is 21.3 Å². The number of likely N-dealkylation sites (tertiary alicyclic amines) is 1. The number of amides is 1. The number of carbonyl (C=O) groups is 1. The van der Waals surface area contributed by atoms with E-state index in [1.54, 1.807) is 33.9 Å². The van der Waals surface area contributed by atoms with Crippen LogP contribution in [0.1, 0.15) is 39.9 Å². The molecule has 2 fully saturated rings. The highest BCUT2D eigenvalue weighted by atomic mass is 35.5. The predicted octanol–water partition coefficient (Wildman–Crippen LogP) is 5.22. The van der Waals surface area contributed by atoms with Crippen LogP contribution in [0.15, 0.2) is 36.4 Å². The van der Waals surface area contributed by atoms with Crippen LogP contribution in [0.3, 0.4) is 0 Å². The first-order valence-corrected chi connectivity index (χ1v) is 13.7. The number of thiazole rings is 1. The number of aromatic nitrogens is 2. The molecule has 2 aromatic heterocycles. The Kier molecular flexibility index (Phi) is 6.22. The van der Waals surface area contributed by atoms with Gasteiger partial charge in [-0.25, -0.2) is 14.4 Å². The van der Waals surface area contributed by atoms with Crippen LogP contribution in [-0.4, -0.2) is 47.0 Å². The summed E-state index contributed by atoms with van der Waals surface area (Å²) in [6, 6.07) is 6.86. The quantitative estimate of drug-likeness (QED) is 0.415. The molecule has 0 N–H and O–H groups in total. The molecule has 3 aromatic rings. The minimum Gasteiger partial charge on any atom is -0.367 e. The van der Waals surface area contributed by atoms with Gasteiger partial charge >= 0.3 is 0 Å². The Morgan fingerprint density at radius 2 is 2.18 bits per heavy atom. The highest BCUT2D eigenvalue weighted by Gasteiger charge is 2.49. The summed E-state index contributed by atoms with van der Waals surface area (Å²) in [5, 5.41) is 10.6. The molecule has 5 heterocycles. The smallest absolute Gasteiger partial charge is 0.245 e. The van der Waals surface area contributed by atoms with Gasteiger partial charge in [-0.1, -0.05) is 24.2 Å². The van der Waals surface area contributed by atoms with Crippen molar-refractivity contribution >= 4 is 34.7 Å². The molecule has 3 aliphatic heterocycles. The van der Waals surface area contributed by atoms with Crippen LogP contribution in [0.4, 0.5) is 10.2 Å². The van der Waals surface area contributed by atoms with E-state index in [1.165, 1.54) is 12.1 Å². The molecule has 38 heavy (non-hydrogen) atoms. The minimum absolute atomic E-state index is 0.0514. The second-order valence-electron chi connectivity index (χ2n) is 10.2. The number of nitriles is 1. The molecule has 6 rings (SSSR count). The largest absolute Gasteiger partial charge is 0.367 e. The van der Waals surface area contributed by atoms with Crippen molar-refractivity contribution in [1.29, 1.82) is 5.26 Å². The summed E-state index contributed by atoms with van der Waals surface area (Å²) in [6.07, 6.45) is 2.48. The number of pyridine rings is 1. The second kappa shape index (κ2) is 9.45. The number of hydrogen-bond donors (Lipinski definition) is 0. The Labute approximate surface area is 229 Å². The highest BCUT2D eigenvalue weighted by Crippen LogP contribution is 2.47. The van der Waals surface area contributed by atoms with E-state index in [0.717, 1.165) is 22.7 Å². The standard InChI is InChI=1S/C28H25ClFN5O2S/c1-3-23(36)35-13-28(14-35)7-8-34(12-28)27-17(10-31)24(25-19(29)5-4-6-20(25)30)18-11-37-22(9-21(18)33-27)26-16(2)32-15-38-26/h3-6,15,22H,1,7-9,11-14H2,2H3/t22-/m0/s1. The Hall–Kier alpha value is -3.32. The van der Waals surface area contributed by atoms with Gasteiger partial charge in [0.05, 0.1) is 39.5 Å². The zero-order valence-corrected chi connectivity index (χ0v) is 22.4. The average Bonchev–Trinajstić information content (AvgIpc) is 3.53. The van der Waals surface area contributed by atoms with Gasteiger partial charge in [0.15, 0.2) is 0 Å². The summed E-state index contributed by atoms with van der Waals surface area (Å²) in [7, 11) is 0. The number of carbonyl (C=O) groups excluding carboxylic acids is 1. The molecule has 10 heteroatoms. The maximum Gasteiger partial charge on any atom is 0.245 e. The normalized spacial score (nSPS) is 19.7. The van der Waals surface area contributed by atoms with Gasteiger partial charge < -0.3 is 14.5 Å². The Morgan fingerprint density at radius 1 is 1.37 bits per heavy atom. The van der Waals surface area contributed by atoms with Gasteiger partial charge in [-0.15, -0.1) is 11.3 Å². The van der Waals surface area contributed by atoms with Crippen molar-refractivity contribution in [3.63, 3.8) is 0 Å². The molecular formula is C28H25ClFN5O2S. The lowest BCUT2D eigenvalue weighted by Gasteiger charge is -2.47. The van der Waals surface area contributed by atoms with Crippen molar-refractivity contribution in [2.24, 2.45) is 5.41 Å². The van der Waals surface area contributed by atoms with Crippen molar-refractivity contribution in [2.75, 3.05) is 31.1 Å². The molecule has 7 nitrogen and oxygen atoms in total. The molecule has 1 spiro atoms. The molecule has 1 atom stereocenters. The van der Waals surface area contributed by atoms with Crippen LogP contribution in [0.2, 0.25) is 5.02 Å². The Morgan fingerprint density at radius 3 is 2.87 bits per heavy atom. The van der Waals surface area contributed by atoms with Crippen LogP contribution < -0.4 is 4.90 Å². The van der Waals surface area contributed by atoms with Crippen LogP contribution in [0.5, 0.6) is 0 Å². The molecule has 2 saturated heterocycles. The topological polar surface area (TPSA) is 82.4 Å². The van der Waals surface area contributed by atoms with Gasteiger partial charge in [0.25, 0.3) is 0 Å². The van der Waals surface area contributed by atoms with E-state index < -0.39 is 5.82 Å². The lowest BCUT2D eigenvalue weighted by Crippen LogP contribution is -2.59. The molecule has 0 radical (unpaired) electrons. The maximum atomic E-state index is 15.3. The van der Waals surface area contributed by atoms with Crippen molar-refractivity contribution in [1.82, 2.24) is 14.9 Å². The fraction of sp³-hybridized carbons (Fsp3) is 0.357. The van der Waals surface area contributed by atoms with Crippen LogP contribution in [0, 0.1) is 29.5 Å². The van der Waals surface area contributed by atoms with Gasteiger partial charge in [0.2, 0.25) is 5.91 Å². The van der Waals surface area contributed by atoms with Crippen LogP contribution in [0.25, 0.3) is 11.1 Å². The van der Waals surface area contributed by atoms with Crippen molar-refractivity contribution < 1.29 is 13.9 Å². The Balaban J connectivity index is 1.45. The molecule has 194 valence electrons. The number of aryl methyl sites for hydroxylation is 1. The third kappa shape index (κ3) is 3.99. The predicted molar refractivity (Wildman–Crippen MR) is 143 cm³/mol. The summed E-state index contributed by atoms with van der Waals surface area (Å²) >= 11 is 8.08. The number of anilines is 1. The molecule has 0 unspecified atom stereocenters. The van der Waals surface area contributed by atoms with Gasteiger partial charge in [-0.3, -0.25) is 4.79 Å². The van der Waals surface area contributed by atoms with Gasteiger partial charge in [0, 0.05) is 54.7 Å². The first-order valence-electron chi connectivity index (χ1n) is 12.4. The van der Waals surface area contributed by atoms with E-state index in [0.29, 0.717) is 55.1 Å². The molecule has 0 aliphatic carbocycles. The highest BCUT2D eigenvalue weighted by molar-refractivity contribution is 7.09. The lowest BCUT2D eigenvalue weighted by atomic mass is 9.79. The molecule has 1 amide bonds. The van der Waals surface area contributed by atoms with E-state index in [2.05, 4.69) is 22.5 Å². The monoisotopic (exact) mass is 549 g/mol. The van der Waals surface area contributed by atoms with E-state index in [-0.39, 0.29) is 34.6 Å². The number of benzene rings is 1. The van der Waals surface area contributed by atoms with Crippen molar-refractivity contribution in [3.05, 3.63) is 74.6 Å². The zero-order chi connectivity index (χ0) is 26.6. The number of ether oxygens (including phenoxy) is 1. The molecular weight excluding hydrogens is 525 g/mol. The first-order chi connectivity index (χ1) is 18.3. The zero-order valence-electron chi connectivity index (χ0n) is 20.8. The fourth-order valence-electron chi connectivity index (χ4n) is 5.96. The third-order valence-electron chi connectivity index (χ3n) is 7.85. The summed E-state index contributed by atoms with van der Waals surface area (Å²) in [6.45, 7) is 8.36. The number of hydrogen-bond acceptors (Lipinski definition) is 7. The summed E-state index contributed by atoms with van der Waals surface area (Å²) in [4.78, 5) is 26.4. The first kappa shape index (κ1) is 25.0. The third-order valence-corrected chi connectivity index (χ3v) is 9.19. The summed E-state index contributed by atoms with van der Waals surface area (Å²) in [5.41, 5.74) is 5.07. The second-order valence-corrected chi connectivity index (χ2v) is 11.5. The summed E-state index contributed by atoms with van der Waals surface area (Å²) in [5.74, 6) is -0.0311. The van der Waals surface area contributed by atoms with Crippen molar-refractivity contribution in [3.8, 4) is 17.2 Å². The maximum absolute atomic E-state index is 15.3. The molecule has 1 aromatic carbocycles. The minimum atomic E-state index is -0.496. The molecule has 3 aliphatic rings. The average molecular weight is 550 g/mol. The van der Waals surface area contributed by atoms with Crippen LogP contribution in [-0.2, 0) is 22.6 Å². The SMILES string of the molecule is C=CC(=O)N1CC2(CCN(c3nc4c(c(-c5c(F)cccc5Cl)c3C#N)CO[C@H](c3scnc3C)C4)C2)C1. The lowest BCUT2D eigenvalue weighted by molar-refractivity contribution is -0.136. The molecule has 0 bridgehead atoms. The number of rotatable bonds is 4. The Bertz CT molecular complexity index is 1490. The van der Waals surface area contributed by atoms with Crippen molar-refractivity contribution in [2.45, 2.75) is 32.5 Å². The van der Waals surface area contributed by atoms with E-state index >= 15 is 4.39 Å². The van der Waals surface area contributed by atoms with Crippen LogP contribution >= 0.6 is 22.9 Å². The number of halogens is 2. The number of nitrogens with zero attached hydrogens (tertiary/aromatic N) is 5.